The van der Waals surface area contributed by atoms with Crippen molar-refractivity contribution in [2.45, 2.75) is 12.5 Å². The highest BCUT2D eigenvalue weighted by Gasteiger charge is 2.34. The molecule has 2 N–H and O–H groups in total. The van der Waals surface area contributed by atoms with E-state index < -0.39 is 11.9 Å². The van der Waals surface area contributed by atoms with Gasteiger partial charge in [0.2, 0.25) is 0 Å². The van der Waals surface area contributed by atoms with Crippen LogP contribution >= 0.6 is 34.5 Å². The minimum absolute atomic E-state index is 0.357. The van der Waals surface area contributed by atoms with Crippen LogP contribution < -0.4 is 4.90 Å². The molecule has 0 fully saturated rings. The van der Waals surface area contributed by atoms with Crippen molar-refractivity contribution in [3.8, 4) is 0 Å². The molecule has 5 rings (SSSR count). The Morgan fingerprint density at radius 3 is 2.81 bits per heavy atom. The summed E-state index contributed by atoms with van der Waals surface area (Å²) in [7, 11) is 0. The van der Waals surface area contributed by atoms with Gasteiger partial charge in [-0.05, 0) is 42.0 Å². The summed E-state index contributed by atoms with van der Waals surface area (Å²) in [5, 5.41) is 12.8. The molecule has 1 atom stereocenters. The van der Waals surface area contributed by atoms with Gasteiger partial charge in [-0.25, -0.2) is 4.98 Å². The molecule has 0 saturated heterocycles. The summed E-state index contributed by atoms with van der Waals surface area (Å²) < 4.78 is 0.985. The molecule has 136 valence electrons. The lowest BCUT2D eigenvalue weighted by Crippen LogP contribution is -2.36. The van der Waals surface area contributed by atoms with Crippen molar-refractivity contribution in [3.63, 3.8) is 0 Å². The van der Waals surface area contributed by atoms with Crippen LogP contribution in [0.25, 0.3) is 21.1 Å². The van der Waals surface area contributed by atoms with Crippen LogP contribution in [0.3, 0.4) is 0 Å². The Bertz CT molecular complexity index is 1220. The van der Waals surface area contributed by atoms with Crippen molar-refractivity contribution in [3.05, 3.63) is 57.7 Å². The molecule has 0 radical (unpaired) electrons. The fraction of sp³-hybridized carbons (Fsp3) is 0.158. The van der Waals surface area contributed by atoms with E-state index in [-0.39, 0.29) is 0 Å². The zero-order valence-corrected chi connectivity index (χ0v) is 16.2. The number of fused-ring (bicyclic) bond motifs is 4. The molecule has 1 unspecified atom stereocenters. The summed E-state index contributed by atoms with van der Waals surface area (Å²) >= 11 is 13.7. The van der Waals surface area contributed by atoms with E-state index in [0.29, 0.717) is 23.1 Å². The van der Waals surface area contributed by atoms with Crippen molar-refractivity contribution in [1.29, 1.82) is 0 Å². The van der Waals surface area contributed by atoms with Crippen molar-refractivity contribution >= 4 is 66.8 Å². The van der Waals surface area contributed by atoms with Gasteiger partial charge in [0.15, 0.2) is 5.13 Å². The maximum Gasteiger partial charge on any atom is 0.312 e. The lowest BCUT2D eigenvalue weighted by Gasteiger charge is -2.30. The van der Waals surface area contributed by atoms with Crippen LogP contribution in [0, 0.1) is 0 Å². The molecule has 0 saturated carbocycles. The Kier molecular flexibility index (Phi) is 3.82. The number of hydrogen-bond acceptors (Lipinski definition) is 4. The first kappa shape index (κ1) is 16.9. The van der Waals surface area contributed by atoms with Gasteiger partial charge in [-0.15, -0.1) is 0 Å². The fourth-order valence-electron chi connectivity index (χ4n) is 3.70. The maximum absolute atomic E-state index is 12.0. The van der Waals surface area contributed by atoms with Gasteiger partial charge in [-0.1, -0.05) is 34.5 Å². The second-order valence-electron chi connectivity index (χ2n) is 6.59. The number of aromatic amines is 1. The number of thiazole rings is 1. The molecular weight excluding hydrogens is 405 g/mol. The van der Waals surface area contributed by atoms with E-state index in [4.69, 9.17) is 23.2 Å². The SMILES string of the molecule is O=C(O)C1CN(c2nc3ccc(Cl)cc3s2)Cc2[nH]c3ccc(Cl)cc3c21. The van der Waals surface area contributed by atoms with Crippen molar-refractivity contribution in [2.24, 2.45) is 0 Å². The number of hydrogen-bond donors (Lipinski definition) is 2. The summed E-state index contributed by atoms with van der Waals surface area (Å²) in [5.74, 6) is -1.51. The molecular formula is C19H13Cl2N3O2S. The molecule has 8 heteroatoms. The van der Waals surface area contributed by atoms with E-state index in [1.807, 2.05) is 35.2 Å². The number of halogens is 2. The number of benzene rings is 2. The Morgan fingerprint density at radius 2 is 2.00 bits per heavy atom. The zero-order chi connectivity index (χ0) is 18.7. The van der Waals surface area contributed by atoms with Crippen LogP contribution in [-0.2, 0) is 11.3 Å². The van der Waals surface area contributed by atoms with Gasteiger partial charge in [0.1, 0.15) is 5.92 Å². The first-order valence-electron chi connectivity index (χ1n) is 8.33. The summed E-state index contributed by atoms with van der Waals surface area (Å²) in [6.07, 6.45) is 0. The highest BCUT2D eigenvalue weighted by Crippen LogP contribution is 2.39. The van der Waals surface area contributed by atoms with E-state index >= 15 is 0 Å². The van der Waals surface area contributed by atoms with Gasteiger partial charge < -0.3 is 15.0 Å². The smallest absolute Gasteiger partial charge is 0.312 e. The quantitative estimate of drug-likeness (QED) is 0.465. The number of carbonyl (C=O) groups is 1. The molecule has 4 aromatic rings. The minimum Gasteiger partial charge on any atom is -0.481 e. The predicted molar refractivity (Wildman–Crippen MR) is 109 cm³/mol. The standard InChI is InChI=1S/C19H13Cl2N3O2S/c20-9-1-3-13-11(5-9)17-12(18(25)26)7-24(8-15(17)22-13)19-23-14-4-2-10(21)6-16(14)27-19/h1-6,12,22H,7-8H2,(H,25,26). The molecule has 2 aromatic heterocycles. The number of anilines is 1. The van der Waals surface area contributed by atoms with Gasteiger partial charge in [-0.2, -0.15) is 0 Å². The normalized spacial score (nSPS) is 16.8. The van der Waals surface area contributed by atoms with Crippen LogP contribution in [0.1, 0.15) is 17.2 Å². The number of carboxylic acids is 1. The van der Waals surface area contributed by atoms with E-state index in [2.05, 4.69) is 9.97 Å². The number of rotatable bonds is 2. The third-order valence-electron chi connectivity index (χ3n) is 4.89. The molecule has 2 aromatic carbocycles. The van der Waals surface area contributed by atoms with Gasteiger partial charge in [0.05, 0.1) is 16.8 Å². The molecule has 3 heterocycles. The first-order valence-corrected chi connectivity index (χ1v) is 9.90. The number of carboxylic acid groups (broad SMARTS) is 1. The Hall–Kier alpha value is -2.28. The van der Waals surface area contributed by atoms with Crippen LogP contribution in [0.4, 0.5) is 5.13 Å². The number of H-pyrrole nitrogens is 1. The number of nitrogens with zero attached hydrogens (tertiary/aromatic N) is 2. The average Bonchev–Trinajstić information content (AvgIpc) is 3.21. The first-order chi connectivity index (χ1) is 13.0. The van der Waals surface area contributed by atoms with Gasteiger partial charge in [-0.3, -0.25) is 4.79 Å². The largest absolute Gasteiger partial charge is 0.481 e. The van der Waals surface area contributed by atoms with E-state index in [1.54, 1.807) is 6.07 Å². The van der Waals surface area contributed by atoms with Crippen molar-refractivity contribution < 1.29 is 9.90 Å². The molecule has 5 nitrogen and oxygen atoms in total. The Labute approximate surface area is 168 Å². The third kappa shape index (κ3) is 2.76. The molecule has 0 bridgehead atoms. The maximum atomic E-state index is 12.0. The zero-order valence-electron chi connectivity index (χ0n) is 13.9. The predicted octanol–water partition coefficient (Wildman–Crippen LogP) is 5.27. The summed E-state index contributed by atoms with van der Waals surface area (Å²) in [5.41, 5.74) is 3.47. The molecule has 1 aliphatic rings. The molecule has 0 aliphatic carbocycles. The van der Waals surface area contributed by atoms with Crippen molar-refractivity contribution in [2.75, 3.05) is 11.4 Å². The summed E-state index contributed by atoms with van der Waals surface area (Å²) in [6.45, 7) is 0.925. The molecule has 0 spiro atoms. The average molecular weight is 418 g/mol. The number of nitrogens with one attached hydrogen (secondary N) is 1. The van der Waals surface area contributed by atoms with Gasteiger partial charge in [0, 0.05) is 33.2 Å². The number of aliphatic carboxylic acids is 1. The lowest BCUT2D eigenvalue weighted by molar-refractivity contribution is -0.138. The topological polar surface area (TPSA) is 69.2 Å². The van der Waals surface area contributed by atoms with Gasteiger partial charge in [0.25, 0.3) is 0 Å². The summed E-state index contributed by atoms with van der Waals surface area (Å²) in [6, 6.07) is 11.1. The molecule has 27 heavy (non-hydrogen) atoms. The van der Waals surface area contributed by atoms with E-state index in [0.717, 1.165) is 37.5 Å². The Morgan fingerprint density at radius 1 is 1.22 bits per heavy atom. The third-order valence-corrected chi connectivity index (χ3v) is 6.44. The van der Waals surface area contributed by atoms with Crippen LogP contribution in [0.15, 0.2) is 36.4 Å². The second kappa shape index (κ2) is 6.12. The van der Waals surface area contributed by atoms with Crippen molar-refractivity contribution in [1.82, 2.24) is 9.97 Å². The highest BCUT2D eigenvalue weighted by molar-refractivity contribution is 7.22. The van der Waals surface area contributed by atoms with Crippen LogP contribution in [-0.4, -0.2) is 27.6 Å². The number of aromatic nitrogens is 2. The van der Waals surface area contributed by atoms with Gasteiger partial charge >= 0.3 is 5.97 Å². The van der Waals surface area contributed by atoms with Crippen LogP contribution in [0.5, 0.6) is 0 Å². The lowest BCUT2D eigenvalue weighted by atomic mass is 9.92. The highest BCUT2D eigenvalue weighted by atomic mass is 35.5. The van der Waals surface area contributed by atoms with E-state index in [1.165, 1.54) is 11.3 Å². The second-order valence-corrected chi connectivity index (χ2v) is 8.47. The molecule has 1 aliphatic heterocycles. The fourth-order valence-corrected chi connectivity index (χ4v) is 5.12. The summed E-state index contributed by atoms with van der Waals surface area (Å²) in [4.78, 5) is 22.1. The molecule has 0 amide bonds. The van der Waals surface area contributed by atoms with E-state index in [9.17, 15) is 9.90 Å². The monoisotopic (exact) mass is 417 g/mol. The minimum atomic E-state index is -0.856. The van der Waals surface area contributed by atoms with Crippen LogP contribution in [0.2, 0.25) is 10.0 Å². The Balaban J connectivity index is 1.63.